The van der Waals surface area contributed by atoms with Gasteiger partial charge in [0.2, 0.25) is 0 Å². The maximum absolute atomic E-state index is 13.4. The third kappa shape index (κ3) is 5.34. The average Bonchev–Trinajstić information content (AvgIpc) is 2.63. The number of piperazine rings is 1. The molecular weight excluding hydrogens is 345 g/mol. The van der Waals surface area contributed by atoms with Crippen molar-refractivity contribution < 1.29 is 14.0 Å². The van der Waals surface area contributed by atoms with Gasteiger partial charge >= 0.3 is 5.97 Å². The Morgan fingerprint density at radius 2 is 1.85 bits per heavy atom. The summed E-state index contributed by atoms with van der Waals surface area (Å²) in [6.07, 6.45) is 1.78. The molecular formula is C21H26FN3O2. The molecule has 0 bridgehead atoms. The summed E-state index contributed by atoms with van der Waals surface area (Å²) >= 11 is 0. The molecule has 1 aromatic heterocycles. The van der Waals surface area contributed by atoms with Gasteiger partial charge in [-0.25, -0.2) is 9.18 Å². The van der Waals surface area contributed by atoms with E-state index in [4.69, 9.17) is 4.84 Å². The molecule has 1 saturated heterocycles. The summed E-state index contributed by atoms with van der Waals surface area (Å²) in [4.78, 5) is 24.2. The first-order valence-corrected chi connectivity index (χ1v) is 9.22. The van der Waals surface area contributed by atoms with Crippen LogP contribution in [0.5, 0.6) is 0 Å². The Morgan fingerprint density at radius 3 is 2.44 bits per heavy atom. The van der Waals surface area contributed by atoms with Gasteiger partial charge in [0.15, 0.2) is 0 Å². The molecule has 0 spiro atoms. The van der Waals surface area contributed by atoms with Crippen molar-refractivity contribution in [1.29, 1.82) is 0 Å². The number of pyridine rings is 1. The number of halogens is 1. The van der Waals surface area contributed by atoms with Crippen LogP contribution >= 0.6 is 0 Å². The van der Waals surface area contributed by atoms with Crippen LogP contribution in [0, 0.1) is 11.2 Å². The Labute approximate surface area is 159 Å². The molecule has 1 aromatic carbocycles. The van der Waals surface area contributed by atoms with E-state index in [9.17, 15) is 9.18 Å². The van der Waals surface area contributed by atoms with Gasteiger partial charge in [-0.2, -0.15) is 0 Å². The summed E-state index contributed by atoms with van der Waals surface area (Å²) in [6, 6.07) is 10.5. The molecule has 1 aliphatic rings. The molecule has 0 atom stereocenters. The molecule has 0 amide bonds. The predicted octanol–water partition coefficient (Wildman–Crippen LogP) is 3.51. The molecule has 6 heteroatoms. The van der Waals surface area contributed by atoms with Crippen LogP contribution in [0.25, 0.3) is 11.1 Å². The van der Waals surface area contributed by atoms with E-state index >= 15 is 0 Å². The number of hydrogen-bond donors (Lipinski definition) is 0. The van der Waals surface area contributed by atoms with Crippen LogP contribution in [0.2, 0.25) is 0 Å². The minimum absolute atomic E-state index is 0.203. The molecule has 0 radical (unpaired) electrons. The van der Waals surface area contributed by atoms with Crippen molar-refractivity contribution in [2.45, 2.75) is 27.3 Å². The van der Waals surface area contributed by atoms with E-state index in [-0.39, 0.29) is 11.8 Å². The smallest absolute Gasteiger partial charge is 0.330 e. The summed E-state index contributed by atoms with van der Waals surface area (Å²) in [5.74, 6) is -0.452. The quantitative estimate of drug-likeness (QED) is 0.823. The SMILES string of the molecule is CC(C)(C)C(=O)ON1CCN(Cc2ccc(-c3cccc(F)c3)cn2)CC1. The highest BCUT2D eigenvalue weighted by atomic mass is 19.1. The lowest BCUT2D eigenvalue weighted by molar-refractivity contribution is -0.207. The Balaban J connectivity index is 1.51. The molecule has 5 nitrogen and oxygen atoms in total. The zero-order valence-corrected chi connectivity index (χ0v) is 16.1. The van der Waals surface area contributed by atoms with Gasteiger partial charge in [-0.05, 0) is 44.5 Å². The number of hydroxylamine groups is 2. The molecule has 1 aliphatic heterocycles. The Kier molecular flexibility index (Phi) is 5.87. The summed E-state index contributed by atoms with van der Waals surface area (Å²) < 4.78 is 13.4. The zero-order valence-electron chi connectivity index (χ0n) is 16.1. The molecule has 1 fully saturated rings. The van der Waals surface area contributed by atoms with Crippen molar-refractivity contribution in [2.24, 2.45) is 5.41 Å². The van der Waals surface area contributed by atoms with Crippen molar-refractivity contribution in [1.82, 2.24) is 14.9 Å². The van der Waals surface area contributed by atoms with Gasteiger partial charge in [-0.15, -0.1) is 5.06 Å². The van der Waals surface area contributed by atoms with Crippen LogP contribution in [0.15, 0.2) is 42.6 Å². The van der Waals surface area contributed by atoms with Crippen molar-refractivity contribution in [3.05, 3.63) is 54.1 Å². The Morgan fingerprint density at radius 1 is 1.11 bits per heavy atom. The second-order valence-corrected chi connectivity index (χ2v) is 7.88. The van der Waals surface area contributed by atoms with Crippen molar-refractivity contribution in [2.75, 3.05) is 26.2 Å². The predicted molar refractivity (Wildman–Crippen MR) is 102 cm³/mol. The van der Waals surface area contributed by atoms with Gasteiger partial charge in [-0.1, -0.05) is 18.2 Å². The van der Waals surface area contributed by atoms with Crippen LogP contribution in [0.1, 0.15) is 26.5 Å². The maximum atomic E-state index is 13.4. The number of hydrogen-bond acceptors (Lipinski definition) is 5. The highest BCUT2D eigenvalue weighted by Crippen LogP contribution is 2.20. The fourth-order valence-corrected chi connectivity index (χ4v) is 2.82. The monoisotopic (exact) mass is 371 g/mol. The van der Waals surface area contributed by atoms with Crippen molar-refractivity contribution in [3.8, 4) is 11.1 Å². The lowest BCUT2D eigenvalue weighted by Crippen LogP contribution is -2.47. The van der Waals surface area contributed by atoms with Crippen LogP contribution < -0.4 is 0 Å². The minimum atomic E-state index is -0.496. The molecule has 0 aliphatic carbocycles. The first-order chi connectivity index (χ1) is 12.8. The number of aromatic nitrogens is 1. The molecule has 2 heterocycles. The molecule has 0 saturated carbocycles. The van der Waals surface area contributed by atoms with E-state index in [0.717, 1.165) is 36.5 Å². The minimum Gasteiger partial charge on any atom is -0.367 e. The zero-order chi connectivity index (χ0) is 19.4. The molecule has 2 aromatic rings. The Bertz CT molecular complexity index is 779. The van der Waals surface area contributed by atoms with E-state index < -0.39 is 5.41 Å². The molecule has 144 valence electrons. The summed E-state index contributed by atoms with van der Waals surface area (Å²) in [5, 5.41) is 1.74. The second-order valence-electron chi connectivity index (χ2n) is 7.88. The molecule has 0 N–H and O–H groups in total. The average molecular weight is 371 g/mol. The normalized spacial score (nSPS) is 16.3. The van der Waals surface area contributed by atoms with Crippen LogP contribution in [-0.2, 0) is 16.2 Å². The topological polar surface area (TPSA) is 45.7 Å². The van der Waals surface area contributed by atoms with Gasteiger partial charge in [0.1, 0.15) is 5.82 Å². The fourth-order valence-electron chi connectivity index (χ4n) is 2.82. The lowest BCUT2D eigenvalue weighted by Gasteiger charge is -2.34. The van der Waals surface area contributed by atoms with Gasteiger partial charge < -0.3 is 4.84 Å². The van der Waals surface area contributed by atoms with Crippen LogP contribution in [0.4, 0.5) is 4.39 Å². The first-order valence-electron chi connectivity index (χ1n) is 9.22. The van der Waals surface area contributed by atoms with E-state index in [1.165, 1.54) is 12.1 Å². The second kappa shape index (κ2) is 8.15. The number of carbonyl (C=O) groups excluding carboxylic acids is 1. The van der Waals surface area contributed by atoms with Gasteiger partial charge in [0, 0.05) is 44.5 Å². The maximum Gasteiger partial charge on any atom is 0.330 e. The molecule has 3 rings (SSSR count). The number of rotatable bonds is 4. The van der Waals surface area contributed by atoms with E-state index in [0.29, 0.717) is 13.1 Å². The third-order valence-electron chi connectivity index (χ3n) is 4.52. The standard InChI is InChI=1S/C21H26FN3O2/c1-21(2,3)20(26)27-25-11-9-24(10-12-25)15-19-8-7-17(14-23-19)16-5-4-6-18(22)13-16/h4-8,13-14H,9-12,15H2,1-3H3. The molecule has 27 heavy (non-hydrogen) atoms. The summed E-state index contributed by atoms with van der Waals surface area (Å²) in [5.41, 5.74) is 2.19. The lowest BCUT2D eigenvalue weighted by atomic mass is 9.98. The molecule has 0 unspecified atom stereocenters. The van der Waals surface area contributed by atoms with Gasteiger partial charge in [-0.3, -0.25) is 9.88 Å². The number of benzene rings is 1. The van der Waals surface area contributed by atoms with E-state index in [2.05, 4.69) is 9.88 Å². The van der Waals surface area contributed by atoms with E-state index in [1.54, 1.807) is 17.3 Å². The fraction of sp³-hybridized carbons (Fsp3) is 0.429. The first kappa shape index (κ1) is 19.5. The van der Waals surface area contributed by atoms with Crippen LogP contribution in [0.3, 0.4) is 0 Å². The highest BCUT2D eigenvalue weighted by molar-refractivity contribution is 5.75. The summed E-state index contributed by atoms with van der Waals surface area (Å²) in [6.45, 7) is 9.28. The third-order valence-corrected chi connectivity index (χ3v) is 4.52. The Hall–Kier alpha value is -2.31. The summed E-state index contributed by atoms with van der Waals surface area (Å²) in [7, 11) is 0. The van der Waals surface area contributed by atoms with E-state index in [1.807, 2.05) is 39.0 Å². The number of nitrogens with zero attached hydrogens (tertiary/aromatic N) is 3. The number of carbonyl (C=O) groups is 1. The largest absolute Gasteiger partial charge is 0.367 e. The van der Waals surface area contributed by atoms with Gasteiger partial charge in [0.05, 0.1) is 11.1 Å². The van der Waals surface area contributed by atoms with Gasteiger partial charge in [0.25, 0.3) is 0 Å². The van der Waals surface area contributed by atoms with Crippen molar-refractivity contribution >= 4 is 5.97 Å². The van der Waals surface area contributed by atoms with Crippen molar-refractivity contribution in [3.63, 3.8) is 0 Å². The highest BCUT2D eigenvalue weighted by Gasteiger charge is 2.27. The van der Waals surface area contributed by atoms with Crippen LogP contribution in [-0.4, -0.2) is 47.1 Å².